The van der Waals surface area contributed by atoms with Gasteiger partial charge in [0.25, 0.3) is 5.91 Å². The van der Waals surface area contributed by atoms with Crippen LogP contribution in [0.15, 0.2) is 36.9 Å². The van der Waals surface area contributed by atoms with Crippen molar-refractivity contribution in [3.63, 3.8) is 0 Å². The molecule has 0 spiro atoms. The highest BCUT2D eigenvalue weighted by Gasteiger charge is 2.31. The number of hydrogen-bond acceptors (Lipinski definition) is 5. The number of benzene rings is 1. The van der Waals surface area contributed by atoms with Crippen LogP contribution in [0.1, 0.15) is 47.2 Å². The Morgan fingerprint density at radius 1 is 1.19 bits per heavy atom. The van der Waals surface area contributed by atoms with E-state index in [-0.39, 0.29) is 17.4 Å². The maximum absolute atomic E-state index is 13.1. The van der Waals surface area contributed by atoms with E-state index in [0.717, 1.165) is 17.8 Å². The molecule has 0 radical (unpaired) electrons. The Morgan fingerprint density at radius 2 is 1.91 bits per heavy atom. The van der Waals surface area contributed by atoms with Gasteiger partial charge in [0.05, 0.1) is 22.5 Å². The van der Waals surface area contributed by atoms with Crippen LogP contribution < -0.4 is 5.32 Å². The SMILES string of the molecule is Cc1cc(C(=O)OCC(=O)Nc2cc(C(F)(F)F)ccc2-n2cncn2)c(C)n1C(C)C. The van der Waals surface area contributed by atoms with Crippen molar-refractivity contribution in [1.82, 2.24) is 19.3 Å². The van der Waals surface area contributed by atoms with Crippen molar-refractivity contribution in [3.8, 4) is 5.69 Å². The molecule has 0 saturated heterocycles. The number of carbonyl (C=O) groups excluding carboxylic acids is 2. The maximum Gasteiger partial charge on any atom is 0.416 e. The standard InChI is InChI=1S/C21H22F3N5O3/c1-12(2)29-13(3)7-16(14(29)4)20(31)32-9-19(30)27-17-8-15(21(22,23)24)5-6-18(17)28-11-25-10-26-28/h5-8,10-12H,9H2,1-4H3,(H,27,30). The van der Waals surface area contributed by atoms with Crippen LogP contribution >= 0.6 is 0 Å². The van der Waals surface area contributed by atoms with Gasteiger partial charge in [-0.05, 0) is 52.0 Å². The third-order valence-electron chi connectivity index (χ3n) is 4.82. The number of nitrogens with zero attached hydrogens (tertiary/aromatic N) is 4. The third kappa shape index (κ3) is 4.82. The van der Waals surface area contributed by atoms with Crippen molar-refractivity contribution in [2.45, 2.75) is 39.9 Å². The van der Waals surface area contributed by atoms with Crippen LogP contribution in [0.4, 0.5) is 18.9 Å². The zero-order valence-electron chi connectivity index (χ0n) is 17.9. The first-order valence-corrected chi connectivity index (χ1v) is 9.70. The van der Waals surface area contributed by atoms with E-state index in [1.54, 1.807) is 13.0 Å². The minimum Gasteiger partial charge on any atom is -0.452 e. The minimum atomic E-state index is -4.61. The fraction of sp³-hybridized carbons (Fsp3) is 0.333. The molecule has 2 aromatic heterocycles. The molecule has 3 rings (SSSR count). The number of hydrogen-bond donors (Lipinski definition) is 1. The number of nitrogens with one attached hydrogen (secondary N) is 1. The monoisotopic (exact) mass is 449 g/mol. The van der Waals surface area contributed by atoms with Crippen LogP contribution in [0.2, 0.25) is 0 Å². The Kier molecular flexibility index (Phi) is 6.37. The Bertz CT molecular complexity index is 1130. The molecule has 1 amide bonds. The lowest BCUT2D eigenvalue weighted by Crippen LogP contribution is -2.22. The van der Waals surface area contributed by atoms with Crippen LogP contribution in [-0.2, 0) is 15.7 Å². The smallest absolute Gasteiger partial charge is 0.416 e. The van der Waals surface area contributed by atoms with Gasteiger partial charge in [0.15, 0.2) is 6.61 Å². The molecular weight excluding hydrogens is 427 g/mol. The summed E-state index contributed by atoms with van der Waals surface area (Å²) in [7, 11) is 0. The summed E-state index contributed by atoms with van der Waals surface area (Å²) < 4.78 is 47.7. The van der Waals surface area contributed by atoms with Crippen molar-refractivity contribution >= 4 is 17.6 Å². The number of aromatic nitrogens is 4. The van der Waals surface area contributed by atoms with E-state index >= 15 is 0 Å². The first-order valence-electron chi connectivity index (χ1n) is 9.70. The van der Waals surface area contributed by atoms with E-state index in [4.69, 9.17) is 4.74 Å². The van der Waals surface area contributed by atoms with E-state index in [1.165, 1.54) is 23.4 Å². The zero-order valence-corrected chi connectivity index (χ0v) is 17.9. The Hall–Kier alpha value is -3.63. The highest BCUT2D eigenvalue weighted by molar-refractivity contribution is 5.97. The molecular formula is C21H22F3N5O3. The van der Waals surface area contributed by atoms with Crippen molar-refractivity contribution in [3.05, 3.63) is 59.4 Å². The van der Waals surface area contributed by atoms with Crippen molar-refractivity contribution < 1.29 is 27.5 Å². The fourth-order valence-electron chi connectivity index (χ4n) is 3.52. The van der Waals surface area contributed by atoms with Crippen molar-refractivity contribution in [2.24, 2.45) is 0 Å². The van der Waals surface area contributed by atoms with Gasteiger partial charge in [-0.2, -0.15) is 18.3 Å². The molecule has 32 heavy (non-hydrogen) atoms. The topological polar surface area (TPSA) is 91.0 Å². The number of ether oxygens (including phenoxy) is 1. The van der Waals surface area contributed by atoms with Gasteiger partial charge >= 0.3 is 12.1 Å². The lowest BCUT2D eigenvalue weighted by atomic mass is 10.1. The minimum absolute atomic E-state index is 0.135. The summed E-state index contributed by atoms with van der Waals surface area (Å²) in [5.74, 6) is -1.49. The van der Waals surface area contributed by atoms with Gasteiger partial charge in [-0.25, -0.2) is 14.5 Å². The number of alkyl halides is 3. The van der Waals surface area contributed by atoms with Crippen LogP contribution in [0.25, 0.3) is 5.69 Å². The van der Waals surface area contributed by atoms with Crippen molar-refractivity contribution in [2.75, 3.05) is 11.9 Å². The molecule has 170 valence electrons. The highest BCUT2D eigenvalue weighted by atomic mass is 19.4. The number of aryl methyl sites for hydroxylation is 1. The van der Waals surface area contributed by atoms with Gasteiger partial charge in [-0.15, -0.1) is 0 Å². The predicted molar refractivity (Wildman–Crippen MR) is 110 cm³/mol. The summed E-state index contributed by atoms with van der Waals surface area (Å²) >= 11 is 0. The predicted octanol–water partition coefficient (Wildman–Crippen LogP) is 4.08. The van der Waals surface area contributed by atoms with Crippen molar-refractivity contribution in [1.29, 1.82) is 0 Å². The highest BCUT2D eigenvalue weighted by Crippen LogP contribution is 2.33. The van der Waals surface area contributed by atoms with Gasteiger partial charge in [0.1, 0.15) is 12.7 Å². The second-order valence-electron chi connectivity index (χ2n) is 7.44. The zero-order chi connectivity index (χ0) is 23.6. The molecule has 1 N–H and O–H groups in total. The molecule has 0 saturated carbocycles. The van der Waals surface area contributed by atoms with E-state index in [1.807, 2.05) is 25.3 Å². The Balaban J connectivity index is 1.76. The van der Waals surface area contributed by atoms with Crippen LogP contribution in [0.5, 0.6) is 0 Å². The number of anilines is 1. The van der Waals surface area contributed by atoms with Crippen LogP contribution in [-0.4, -0.2) is 37.8 Å². The summed E-state index contributed by atoms with van der Waals surface area (Å²) in [6, 6.07) is 4.63. The third-order valence-corrected chi connectivity index (χ3v) is 4.82. The summed E-state index contributed by atoms with van der Waals surface area (Å²) in [6.45, 7) is 6.92. The molecule has 11 heteroatoms. The first kappa shape index (κ1) is 23.0. The molecule has 8 nitrogen and oxygen atoms in total. The largest absolute Gasteiger partial charge is 0.452 e. The van der Waals surface area contributed by atoms with Gasteiger partial charge in [0.2, 0.25) is 0 Å². The number of rotatable bonds is 6. The molecule has 0 atom stereocenters. The van der Waals surface area contributed by atoms with Gasteiger partial charge in [-0.3, -0.25) is 4.79 Å². The second kappa shape index (κ2) is 8.85. The molecule has 2 heterocycles. The van der Waals surface area contributed by atoms with Crippen LogP contribution in [0.3, 0.4) is 0 Å². The number of halogens is 3. The summed E-state index contributed by atoms with van der Waals surface area (Å²) in [6.07, 6.45) is -2.12. The summed E-state index contributed by atoms with van der Waals surface area (Å²) in [5.41, 5.74) is 0.978. The molecule has 0 aliphatic heterocycles. The molecule has 0 fully saturated rings. The van der Waals surface area contributed by atoms with Gasteiger partial charge < -0.3 is 14.6 Å². The van der Waals surface area contributed by atoms with E-state index in [2.05, 4.69) is 15.4 Å². The second-order valence-corrected chi connectivity index (χ2v) is 7.44. The fourth-order valence-corrected chi connectivity index (χ4v) is 3.52. The number of carbonyl (C=O) groups is 2. The molecule has 3 aromatic rings. The molecule has 1 aromatic carbocycles. The van der Waals surface area contributed by atoms with Gasteiger partial charge in [-0.1, -0.05) is 0 Å². The molecule has 0 aliphatic carbocycles. The number of esters is 1. The average Bonchev–Trinajstić information content (AvgIpc) is 3.33. The quantitative estimate of drug-likeness (QED) is 0.573. The molecule has 0 unspecified atom stereocenters. The molecule has 0 aliphatic rings. The summed E-state index contributed by atoms with van der Waals surface area (Å²) in [5, 5.41) is 6.24. The lowest BCUT2D eigenvalue weighted by molar-refractivity contribution is -0.137. The summed E-state index contributed by atoms with van der Waals surface area (Å²) in [4.78, 5) is 28.6. The average molecular weight is 449 g/mol. The first-order chi connectivity index (χ1) is 15.0. The van der Waals surface area contributed by atoms with E-state index in [9.17, 15) is 22.8 Å². The lowest BCUT2D eigenvalue weighted by Gasteiger charge is -2.15. The maximum atomic E-state index is 13.1. The van der Waals surface area contributed by atoms with E-state index < -0.39 is 30.2 Å². The Labute approximate surface area is 182 Å². The van der Waals surface area contributed by atoms with Gasteiger partial charge in [0, 0.05) is 17.4 Å². The Morgan fingerprint density at radius 3 is 2.47 bits per heavy atom. The van der Waals surface area contributed by atoms with Crippen LogP contribution in [0, 0.1) is 13.8 Å². The van der Waals surface area contributed by atoms with E-state index in [0.29, 0.717) is 11.3 Å². The number of amides is 1. The molecule has 0 bridgehead atoms. The normalized spacial score (nSPS) is 11.6.